The largest absolute Gasteiger partial charge is 0.458 e. The fourth-order valence-corrected chi connectivity index (χ4v) is 2.42. The van der Waals surface area contributed by atoms with Crippen molar-refractivity contribution in [1.29, 1.82) is 0 Å². The Hall–Kier alpha value is -2.32. The monoisotopic (exact) mass is 378 g/mol. The van der Waals surface area contributed by atoms with Crippen LogP contribution in [0.4, 0.5) is 0 Å². The van der Waals surface area contributed by atoms with Crippen LogP contribution in [0, 0.1) is 30.6 Å². The molecule has 0 atom stereocenters. The highest BCUT2D eigenvalue weighted by molar-refractivity contribution is 7.86. The first-order chi connectivity index (χ1) is 12.1. The van der Waals surface area contributed by atoms with Crippen molar-refractivity contribution in [2.45, 2.75) is 38.2 Å². The summed E-state index contributed by atoms with van der Waals surface area (Å²) in [5, 5.41) is 0. The molecule has 140 valence electrons. The Kier molecular flexibility index (Phi) is 8.34. The Morgan fingerprint density at radius 2 is 1.62 bits per heavy atom. The van der Waals surface area contributed by atoms with Gasteiger partial charge >= 0.3 is 5.97 Å². The minimum absolute atomic E-state index is 0.0104. The van der Waals surface area contributed by atoms with E-state index in [4.69, 9.17) is 13.7 Å². The van der Waals surface area contributed by atoms with Gasteiger partial charge in [-0.15, -0.1) is 0 Å². The second-order valence-electron chi connectivity index (χ2n) is 6.21. The molecule has 1 rings (SSSR count). The van der Waals surface area contributed by atoms with Gasteiger partial charge in [-0.3, -0.25) is 4.18 Å². The summed E-state index contributed by atoms with van der Waals surface area (Å²) in [6, 6.07) is 6.31. The molecule has 7 heteroatoms. The molecule has 0 aromatic heterocycles. The predicted octanol–water partition coefficient (Wildman–Crippen LogP) is 2.07. The Bertz CT molecular complexity index is 824. The van der Waals surface area contributed by atoms with E-state index >= 15 is 0 Å². The van der Waals surface area contributed by atoms with Crippen LogP contribution in [0.1, 0.15) is 26.3 Å². The summed E-state index contributed by atoms with van der Waals surface area (Å²) in [5.74, 6) is 9.52. The van der Waals surface area contributed by atoms with Crippen molar-refractivity contribution in [1.82, 2.24) is 0 Å². The van der Waals surface area contributed by atoms with Gasteiger partial charge in [0.15, 0.2) is 0 Å². The van der Waals surface area contributed by atoms with Crippen molar-refractivity contribution in [3.8, 4) is 23.7 Å². The van der Waals surface area contributed by atoms with E-state index in [2.05, 4.69) is 23.7 Å². The highest BCUT2D eigenvalue weighted by Gasteiger charge is 2.15. The number of carbonyl (C=O) groups is 1. The molecule has 0 bridgehead atoms. The quantitative estimate of drug-likeness (QED) is 0.326. The molecule has 0 aliphatic carbocycles. The zero-order valence-corrected chi connectivity index (χ0v) is 16.1. The van der Waals surface area contributed by atoms with Crippen LogP contribution in [0.3, 0.4) is 0 Å². The lowest BCUT2D eigenvalue weighted by Gasteiger charge is -2.19. The van der Waals surface area contributed by atoms with Crippen LogP contribution in [0.15, 0.2) is 29.2 Å². The number of hydrogen-bond acceptors (Lipinski definition) is 6. The molecule has 0 N–H and O–H groups in total. The van der Waals surface area contributed by atoms with E-state index < -0.39 is 21.7 Å². The van der Waals surface area contributed by atoms with E-state index in [1.807, 2.05) is 6.92 Å². The van der Waals surface area contributed by atoms with Crippen molar-refractivity contribution < 1.29 is 26.9 Å². The Morgan fingerprint density at radius 3 is 2.19 bits per heavy atom. The van der Waals surface area contributed by atoms with Gasteiger partial charge in [0, 0.05) is 0 Å². The van der Waals surface area contributed by atoms with Crippen molar-refractivity contribution in [3.05, 3.63) is 29.8 Å². The average molecular weight is 378 g/mol. The second-order valence-corrected chi connectivity index (χ2v) is 7.83. The standard InChI is InChI=1S/C19H22O6S/c1-16-9-11-17(12-10-16)26(21,22)24-14-8-6-5-7-13-23-15-18(20)25-19(2,3)4/h9-12H,13-15H2,1-4H3. The first kappa shape index (κ1) is 21.7. The molecular formula is C19H22O6S. The molecule has 26 heavy (non-hydrogen) atoms. The Morgan fingerprint density at radius 1 is 1.04 bits per heavy atom. The van der Waals surface area contributed by atoms with Gasteiger partial charge in [-0.1, -0.05) is 29.5 Å². The first-order valence-corrected chi connectivity index (χ1v) is 9.22. The lowest BCUT2D eigenvalue weighted by atomic mass is 10.2. The predicted molar refractivity (Wildman–Crippen MR) is 96.5 cm³/mol. The summed E-state index contributed by atoms with van der Waals surface area (Å²) in [5.41, 5.74) is 0.393. The summed E-state index contributed by atoms with van der Waals surface area (Å²) in [4.78, 5) is 11.4. The summed E-state index contributed by atoms with van der Waals surface area (Å²) in [7, 11) is -3.83. The highest BCUT2D eigenvalue weighted by atomic mass is 32.2. The molecule has 0 unspecified atom stereocenters. The summed E-state index contributed by atoms with van der Waals surface area (Å²) in [6.45, 7) is 6.67. The van der Waals surface area contributed by atoms with Crippen LogP contribution in [0.2, 0.25) is 0 Å². The zero-order valence-electron chi connectivity index (χ0n) is 15.3. The molecule has 0 heterocycles. The van der Waals surface area contributed by atoms with Crippen molar-refractivity contribution in [2.75, 3.05) is 19.8 Å². The Balaban J connectivity index is 2.32. The lowest BCUT2D eigenvalue weighted by molar-refractivity contribution is -0.159. The molecule has 6 nitrogen and oxygen atoms in total. The average Bonchev–Trinajstić information content (AvgIpc) is 2.52. The normalized spacial score (nSPS) is 10.9. The van der Waals surface area contributed by atoms with Crippen LogP contribution in [-0.4, -0.2) is 39.8 Å². The minimum Gasteiger partial charge on any atom is -0.458 e. The number of benzene rings is 1. The van der Waals surface area contributed by atoms with Gasteiger partial charge in [-0.05, 0) is 51.7 Å². The maximum atomic E-state index is 11.9. The smallest absolute Gasteiger partial charge is 0.332 e. The van der Waals surface area contributed by atoms with E-state index in [1.54, 1.807) is 32.9 Å². The maximum Gasteiger partial charge on any atom is 0.332 e. The fourth-order valence-electron chi connectivity index (χ4n) is 1.60. The van der Waals surface area contributed by atoms with Crippen LogP contribution in [-0.2, 0) is 28.6 Å². The number of ether oxygens (including phenoxy) is 2. The maximum absolute atomic E-state index is 11.9. The van der Waals surface area contributed by atoms with E-state index in [0.717, 1.165) is 5.56 Å². The number of carbonyl (C=O) groups excluding carboxylic acids is 1. The molecule has 0 aliphatic rings. The van der Waals surface area contributed by atoms with Gasteiger partial charge in [0.1, 0.15) is 25.4 Å². The van der Waals surface area contributed by atoms with E-state index in [0.29, 0.717) is 0 Å². The van der Waals surface area contributed by atoms with Crippen molar-refractivity contribution >= 4 is 16.1 Å². The minimum atomic E-state index is -3.83. The summed E-state index contributed by atoms with van der Waals surface area (Å²) in [6.07, 6.45) is 0. The third-order valence-electron chi connectivity index (χ3n) is 2.65. The number of esters is 1. The van der Waals surface area contributed by atoms with Gasteiger partial charge in [-0.2, -0.15) is 8.42 Å². The molecule has 0 saturated carbocycles. The van der Waals surface area contributed by atoms with Crippen molar-refractivity contribution in [2.24, 2.45) is 0 Å². The molecule has 0 saturated heterocycles. The van der Waals surface area contributed by atoms with E-state index in [1.165, 1.54) is 12.1 Å². The summed E-state index contributed by atoms with van der Waals surface area (Å²) >= 11 is 0. The van der Waals surface area contributed by atoms with Gasteiger partial charge in [-0.25, -0.2) is 4.79 Å². The molecule has 0 amide bonds. The van der Waals surface area contributed by atoms with Gasteiger partial charge in [0.05, 0.1) is 4.90 Å². The molecule has 1 aromatic rings. The van der Waals surface area contributed by atoms with Gasteiger partial charge < -0.3 is 9.47 Å². The van der Waals surface area contributed by atoms with Crippen LogP contribution in [0.25, 0.3) is 0 Å². The molecule has 0 spiro atoms. The molecule has 0 fully saturated rings. The van der Waals surface area contributed by atoms with Crippen LogP contribution >= 0.6 is 0 Å². The first-order valence-electron chi connectivity index (χ1n) is 7.81. The Labute approximate surface area is 155 Å². The number of aryl methyl sites for hydroxylation is 1. The molecular weight excluding hydrogens is 356 g/mol. The third-order valence-corrected chi connectivity index (χ3v) is 3.93. The zero-order chi connectivity index (χ0) is 19.6. The SMILES string of the molecule is Cc1ccc(S(=O)(=O)OCC#CC#CCOCC(=O)OC(C)(C)C)cc1. The van der Waals surface area contributed by atoms with Gasteiger partial charge in [0.25, 0.3) is 10.1 Å². The van der Waals surface area contributed by atoms with Gasteiger partial charge in [0.2, 0.25) is 0 Å². The fraction of sp³-hybridized carbons (Fsp3) is 0.421. The van der Waals surface area contributed by atoms with E-state index in [9.17, 15) is 13.2 Å². The topological polar surface area (TPSA) is 78.9 Å². The highest BCUT2D eigenvalue weighted by Crippen LogP contribution is 2.12. The van der Waals surface area contributed by atoms with Crippen LogP contribution < -0.4 is 0 Å². The second kappa shape index (κ2) is 9.98. The summed E-state index contributed by atoms with van der Waals surface area (Å²) < 4.78 is 38.7. The number of rotatable bonds is 6. The number of hydrogen-bond donors (Lipinski definition) is 0. The van der Waals surface area contributed by atoms with Crippen LogP contribution in [0.5, 0.6) is 0 Å². The third kappa shape index (κ3) is 9.24. The van der Waals surface area contributed by atoms with Crippen molar-refractivity contribution in [3.63, 3.8) is 0 Å². The molecule has 0 radical (unpaired) electrons. The lowest BCUT2D eigenvalue weighted by Crippen LogP contribution is -2.26. The molecule has 1 aromatic carbocycles. The van der Waals surface area contributed by atoms with E-state index in [-0.39, 0.29) is 24.7 Å². The molecule has 0 aliphatic heterocycles.